The van der Waals surface area contributed by atoms with Crippen LogP contribution in [0.1, 0.15) is 18.9 Å². The zero-order valence-electron chi connectivity index (χ0n) is 9.68. The molecule has 1 aliphatic heterocycles. The Morgan fingerprint density at radius 1 is 1.35 bits per heavy atom. The van der Waals surface area contributed by atoms with Gasteiger partial charge >= 0.3 is 0 Å². The molecular weight excluding hydrogens is 232 g/mol. The first-order valence-corrected chi connectivity index (χ1v) is 6.11. The van der Waals surface area contributed by atoms with Crippen LogP contribution in [0.2, 0.25) is 0 Å². The lowest BCUT2D eigenvalue weighted by Crippen LogP contribution is -2.52. The summed E-state index contributed by atoms with van der Waals surface area (Å²) < 4.78 is 0. The smallest absolute Gasteiger partial charge is 0.234 e. The fourth-order valence-electron chi connectivity index (χ4n) is 1.81. The molecule has 0 radical (unpaired) electrons. The van der Waals surface area contributed by atoms with Gasteiger partial charge in [0.05, 0.1) is 0 Å². The van der Waals surface area contributed by atoms with Crippen LogP contribution in [0.5, 0.6) is 0 Å². The Kier molecular flexibility index (Phi) is 3.86. The van der Waals surface area contributed by atoms with Gasteiger partial charge in [-0.1, -0.05) is 31.2 Å². The lowest BCUT2D eigenvalue weighted by atomic mass is 9.96. The van der Waals surface area contributed by atoms with Crippen LogP contribution in [-0.4, -0.2) is 11.9 Å². The summed E-state index contributed by atoms with van der Waals surface area (Å²) >= 11 is 4.24. The van der Waals surface area contributed by atoms with Crippen LogP contribution in [0.3, 0.4) is 0 Å². The highest BCUT2D eigenvalue weighted by molar-refractivity contribution is 7.80. The Bertz CT molecular complexity index is 428. The van der Waals surface area contributed by atoms with Crippen molar-refractivity contribution in [1.29, 1.82) is 0 Å². The lowest BCUT2D eigenvalue weighted by Gasteiger charge is -2.27. The molecule has 2 rings (SSSR count). The highest BCUT2D eigenvalue weighted by Gasteiger charge is 2.22. The molecule has 3 nitrogen and oxygen atoms in total. The van der Waals surface area contributed by atoms with Gasteiger partial charge in [-0.3, -0.25) is 10.2 Å². The topological polar surface area (TPSA) is 41.1 Å². The fraction of sp³-hybridized carbons (Fsp3) is 0.308. The third kappa shape index (κ3) is 3.35. The molecule has 0 aromatic heterocycles. The summed E-state index contributed by atoms with van der Waals surface area (Å²) in [5.74, 6) is 0.366. The van der Waals surface area contributed by atoms with Gasteiger partial charge in [-0.15, -0.1) is 12.6 Å². The number of rotatable bonds is 2. The summed E-state index contributed by atoms with van der Waals surface area (Å²) in [4.78, 5) is 12.1. The summed E-state index contributed by atoms with van der Waals surface area (Å²) in [5, 5.41) is 0. The number of nitrogens with one attached hydrogen (secondary N) is 2. The first-order chi connectivity index (χ1) is 8.15. The normalized spacial score (nSPS) is 24.9. The summed E-state index contributed by atoms with van der Waals surface area (Å²) in [6, 6.07) is 8.14. The molecule has 4 heteroatoms. The number of amides is 1. The van der Waals surface area contributed by atoms with E-state index < -0.39 is 0 Å². The molecule has 1 aromatic rings. The molecule has 0 bridgehead atoms. The second kappa shape index (κ2) is 5.38. The van der Waals surface area contributed by atoms with Gasteiger partial charge in [0.1, 0.15) is 0 Å². The van der Waals surface area contributed by atoms with Gasteiger partial charge < -0.3 is 0 Å². The molecule has 17 heavy (non-hydrogen) atoms. The van der Waals surface area contributed by atoms with Gasteiger partial charge in [0.2, 0.25) is 5.91 Å². The third-order valence-corrected chi connectivity index (χ3v) is 3.19. The van der Waals surface area contributed by atoms with Gasteiger partial charge in [0.25, 0.3) is 0 Å². The average molecular weight is 248 g/mol. The quantitative estimate of drug-likeness (QED) is 0.701. The molecule has 1 saturated heterocycles. The average Bonchev–Trinajstić information content (AvgIpc) is 2.30. The Labute approximate surface area is 107 Å². The van der Waals surface area contributed by atoms with E-state index in [1.54, 1.807) is 0 Å². The van der Waals surface area contributed by atoms with Crippen molar-refractivity contribution in [3.05, 3.63) is 35.9 Å². The third-order valence-electron chi connectivity index (χ3n) is 2.89. The fourth-order valence-corrected chi connectivity index (χ4v) is 1.96. The van der Waals surface area contributed by atoms with Crippen LogP contribution < -0.4 is 10.9 Å². The van der Waals surface area contributed by atoms with Crippen molar-refractivity contribution in [3.8, 4) is 0 Å². The van der Waals surface area contributed by atoms with Crippen molar-refractivity contribution in [1.82, 2.24) is 10.9 Å². The van der Waals surface area contributed by atoms with Gasteiger partial charge in [-0.05, 0) is 23.6 Å². The Hall–Kier alpha value is -1.26. The number of carbonyl (C=O) groups is 1. The highest BCUT2D eigenvalue weighted by Crippen LogP contribution is 2.15. The van der Waals surface area contributed by atoms with Crippen LogP contribution in [-0.2, 0) is 4.79 Å². The minimum Gasteiger partial charge on any atom is -0.291 e. The minimum absolute atomic E-state index is 0.0570. The van der Waals surface area contributed by atoms with E-state index in [4.69, 9.17) is 0 Å². The Balaban J connectivity index is 2.00. The Morgan fingerprint density at radius 3 is 2.71 bits per heavy atom. The minimum atomic E-state index is 0.0570. The number of carbonyl (C=O) groups excluding carboxylic acids is 1. The van der Waals surface area contributed by atoms with Crippen LogP contribution in [0, 0.1) is 5.92 Å². The van der Waals surface area contributed by atoms with E-state index >= 15 is 0 Å². The molecule has 0 aliphatic carbocycles. The van der Waals surface area contributed by atoms with Crippen LogP contribution in [0.15, 0.2) is 35.2 Å². The molecule has 90 valence electrons. The van der Waals surface area contributed by atoms with Gasteiger partial charge in [-0.2, -0.15) is 0 Å². The number of benzene rings is 1. The number of thiol groups is 1. The second-order valence-corrected chi connectivity index (χ2v) is 4.87. The first-order valence-electron chi connectivity index (χ1n) is 5.67. The lowest BCUT2D eigenvalue weighted by molar-refractivity contribution is -0.125. The predicted octanol–water partition coefficient (Wildman–Crippen LogP) is 2.02. The maximum Gasteiger partial charge on any atom is 0.234 e. The number of hydrogen-bond donors (Lipinski definition) is 3. The van der Waals surface area contributed by atoms with Gasteiger partial charge in [0.15, 0.2) is 0 Å². The van der Waals surface area contributed by atoms with E-state index in [-0.39, 0.29) is 11.9 Å². The van der Waals surface area contributed by atoms with E-state index in [2.05, 4.69) is 42.6 Å². The highest BCUT2D eigenvalue weighted by atomic mass is 32.1. The predicted molar refractivity (Wildman–Crippen MR) is 71.6 cm³/mol. The van der Waals surface area contributed by atoms with Crippen LogP contribution in [0.25, 0.3) is 6.08 Å². The van der Waals surface area contributed by atoms with Crippen LogP contribution in [0.4, 0.5) is 0 Å². The first kappa shape index (κ1) is 12.2. The molecule has 0 saturated carbocycles. The van der Waals surface area contributed by atoms with Gasteiger partial charge in [-0.25, -0.2) is 5.43 Å². The molecule has 0 spiro atoms. The van der Waals surface area contributed by atoms with Crippen LogP contribution >= 0.6 is 12.6 Å². The molecule has 1 aliphatic rings. The molecule has 2 unspecified atom stereocenters. The number of hydrogen-bond acceptors (Lipinski definition) is 3. The molecule has 1 amide bonds. The molecule has 2 atom stereocenters. The van der Waals surface area contributed by atoms with E-state index in [0.29, 0.717) is 12.3 Å². The van der Waals surface area contributed by atoms with Crippen molar-refractivity contribution in [2.24, 2.45) is 5.92 Å². The second-order valence-electron chi connectivity index (χ2n) is 4.35. The van der Waals surface area contributed by atoms with Crippen molar-refractivity contribution >= 4 is 24.6 Å². The van der Waals surface area contributed by atoms with Gasteiger partial charge in [0, 0.05) is 17.4 Å². The largest absolute Gasteiger partial charge is 0.291 e. The zero-order valence-corrected chi connectivity index (χ0v) is 10.6. The molecular formula is C13H16N2OS. The number of hydrazine groups is 1. The molecule has 2 N–H and O–H groups in total. The van der Waals surface area contributed by atoms with E-state index in [0.717, 1.165) is 10.5 Å². The van der Waals surface area contributed by atoms with Crippen molar-refractivity contribution in [3.63, 3.8) is 0 Å². The van der Waals surface area contributed by atoms with Crippen molar-refractivity contribution in [2.75, 3.05) is 0 Å². The standard InChI is InChI=1S/C13H16N2OS/c1-9-8-13(16)15-14-12(9)7-4-10-2-5-11(17)6-3-10/h2-7,9,12,14,17H,8H2,1H3,(H,15,16)/b7-4+. The van der Waals surface area contributed by atoms with Crippen molar-refractivity contribution < 1.29 is 4.79 Å². The van der Waals surface area contributed by atoms with E-state index in [9.17, 15) is 4.79 Å². The summed E-state index contributed by atoms with van der Waals surface area (Å²) in [6.07, 6.45) is 4.70. The maximum atomic E-state index is 11.1. The molecule has 1 fully saturated rings. The maximum absolute atomic E-state index is 11.1. The zero-order chi connectivity index (χ0) is 12.3. The Morgan fingerprint density at radius 2 is 2.06 bits per heavy atom. The SMILES string of the molecule is CC1CC(=O)NNC1/C=C/c1ccc(S)cc1. The van der Waals surface area contributed by atoms with E-state index in [1.165, 1.54) is 0 Å². The van der Waals surface area contributed by atoms with E-state index in [1.807, 2.05) is 24.3 Å². The summed E-state index contributed by atoms with van der Waals surface area (Å²) in [6.45, 7) is 2.07. The monoisotopic (exact) mass is 248 g/mol. The molecule has 1 heterocycles. The van der Waals surface area contributed by atoms with Crippen molar-refractivity contribution in [2.45, 2.75) is 24.3 Å². The summed E-state index contributed by atoms with van der Waals surface area (Å²) in [7, 11) is 0. The summed E-state index contributed by atoms with van der Waals surface area (Å²) in [5.41, 5.74) is 6.79. The molecule has 1 aromatic carbocycles.